The van der Waals surface area contributed by atoms with Gasteiger partial charge in [-0.1, -0.05) is 19.1 Å². The van der Waals surface area contributed by atoms with Gasteiger partial charge in [-0.05, 0) is 49.1 Å². The molecule has 0 spiro atoms. The van der Waals surface area contributed by atoms with Crippen LogP contribution in [0.3, 0.4) is 0 Å². The fraction of sp³-hybridized carbons (Fsp3) is 0.571. The molecule has 0 amide bonds. The third-order valence-corrected chi connectivity index (χ3v) is 4.33. The summed E-state index contributed by atoms with van der Waals surface area (Å²) in [4.78, 5) is 0. The van der Waals surface area contributed by atoms with Gasteiger partial charge in [0, 0.05) is 17.5 Å². The molecule has 1 atom stereocenters. The molecule has 1 N–H and O–H groups in total. The van der Waals surface area contributed by atoms with Crippen molar-refractivity contribution in [2.75, 3.05) is 11.6 Å². The summed E-state index contributed by atoms with van der Waals surface area (Å²) in [5.74, 6) is 1.10. The first-order valence-corrected chi connectivity index (χ1v) is 7.38. The summed E-state index contributed by atoms with van der Waals surface area (Å²) in [6.07, 6.45) is 4.88. The van der Waals surface area contributed by atoms with Crippen LogP contribution in [0.1, 0.15) is 32.3 Å². The van der Waals surface area contributed by atoms with Gasteiger partial charge in [-0.3, -0.25) is 0 Å². The Hall–Kier alpha value is -0.630. The van der Waals surface area contributed by atoms with E-state index in [0.717, 1.165) is 5.75 Å². The van der Waals surface area contributed by atoms with Crippen LogP contribution < -0.4 is 5.32 Å². The fourth-order valence-electron chi connectivity index (χ4n) is 1.97. The highest BCUT2D eigenvalue weighted by molar-refractivity contribution is 7.97. The van der Waals surface area contributed by atoms with Crippen LogP contribution in [0.25, 0.3) is 0 Å². The predicted molar refractivity (Wildman–Crippen MR) is 74.1 cm³/mol. The molecular formula is C14H21NS. The van der Waals surface area contributed by atoms with Crippen LogP contribution in [0.5, 0.6) is 0 Å². The summed E-state index contributed by atoms with van der Waals surface area (Å²) in [7, 11) is 0. The molecule has 16 heavy (non-hydrogen) atoms. The van der Waals surface area contributed by atoms with Gasteiger partial charge in [0.1, 0.15) is 0 Å². The molecule has 1 nitrogen and oxygen atoms in total. The van der Waals surface area contributed by atoms with Gasteiger partial charge < -0.3 is 5.32 Å². The van der Waals surface area contributed by atoms with Crippen LogP contribution in [-0.2, 0) is 5.75 Å². The van der Waals surface area contributed by atoms with Crippen molar-refractivity contribution in [3.63, 3.8) is 0 Å². The second kappa shape index (κ2) is 4.70. The van der Waals surface area contributed by atoms with Gasteiger partial charge in [0.25, 0.3) is 0 Å². The zero-order chi connectivity index (χ0) is 11.6. The van der Waals surface area contributed by atoms with E-state index in [4.69, 9.17) is 0 Å². The Kier molecular flexibility index (Phi) is 3.48. The van der Waals surface area contributed by atoms with Crippen molar-refractivity contribution in [3.8, 4) is 0 Å². The topological polar surface area (TPSA) is 12.0 Å². The van der Waals surface area contributed by atoms with Gasteiger partial charge in [0.2, 0.25) is 0 Å². The molecule has 1 aromatic carbocycles. The Morgan fingerprint density at radius 2 is 2.19 bits per heavy atom. The molecule has 0 aromatic heterocycles. The lowest BCUT2D eigenvalue weighted by Gasteiger charge is -2.21. The summed E-state index contributed by atoms with van der Waals surface area (Å²) in [5, 5.41) is 3.63. The molecule has 2 heteroatoms. The van der Waals surface area contributed by atoms with Crippen molar-refractivity contribution in [2.45, 2.75) is 38.5 Å². The number of hydrogen-bond donors (Lipinski definition) is 1. The summed E-state index contributed by atoms with van der Waals surface area (Å²) >= 11 is 1.87. The summed E-state index contributed by atoms with van der Waals surface area (Å²) in [6.45, 7) is 4.67. The molecule has 0 radical (unpaired) electrons. The highest BCUT2D eigenvalue weighted by Crippen LogP contribution is 2.48. The number of hydrogen-bond acceptors (Lipinski definition) is 2. The SMILES string of the molecule is CSCc1cccc(NC(C)C2(C)CC2)c1. The Bertz CT molecular complexity index is 358. The minimum Gasteiger partial charge on any atom is -0.382 e. The first-order valence-electron chi connectivity index (χ1n) is 5.98. The second-order valence-corrected chi connectivity index (χ2v) is 6.02. The molecule has 1 unspecified atom stereocenters. The summed E-state index contributed by atoms with van der Waals surface area (Å²) in [5.41, 5.74) is 3.22. The number of nitrogens with one attached hydrogen (secondary N) is 1. The van der Waals surface area contributed by atoms with E-state index in [1.807, 2.05) is 11.8 Å². The minimum absolute atomic E-state index is 0.537. The molecule has 0 saturated heterocycles. The lowest BCUT2D eigenvalue weighted by atomic mass is 10.0. The van der Waals surface area contributed by atoms with E-state index in [2.05, 4.69) is 49.7 Å². The molecule has 0 bridgehead atoms. The molecule has 2 rings (SSSR count). The van der Waals surface area contributed by atoms with Gasteiger partial charge in [0.05, 0.1) is 0 Å². The van der Waals surface area contributed by atoms with E-state index < -0.39 is 0 Å². The third kappa shape index (κ3) is 2.73. The lowest BCUT2D eigenvalue weighted by Crippen LogP contribution is -2.24. The molecule has 1 aliphatic carbocycles. The Morgan fingerprint density at radius 1 is 1.44 bits per heavy atom. The standard InChI is InChI=1S/C14H21NS/c1-11(14(2)7-8-14)15-13-6-4-5-12(9-13)10-16-3/h4-6,9,11,15H,7-8,10H2,1-3H3. The maximum atomic E-state index is 3.63. The quantitative estimate of drug-likeness (QED) is 0.823. The average Bonchev–Trinajstić information content (AvgIpc) is 2.99. The maximum absolute atomic E-state index is 3.63. The monoisotopic (exact) mass is 235 g/mol. The van der Waals surface area contributed by atoms with E-state index in [1.54, 1.807) is 0 Å². The Balaban J connectivity index is 2.00. The van der Waals surface area contributed by atoms with Gasteiger partial charge in [-0.25, -0.2) is 0 Å². The zero-order valence-electron chi connectivity index (χ0n) is 10.4. The van der Waals surface area contributed by atoms with Crippen molar-refractivity contribution < 1.29 is 0 Å². The van der Waals surface area contributed by atoms with Crippen LogP contribution in [0.2, 0.25) is 0 Å². The normalized spacial score (nSPS) is 19.2. The molecular weight excluding hydrogens is 214 g/mol. The predicted octanol–water partition coefficient (Wildman–Crippen LogP) is 4.15. The molecule has 0 heterocycles. The van der Waals surface area contributed by atoms with E-state index in [1.165, 1.54) is 24.1 Å². The largest absolute Gasteiger partial charge is 0.382 e. The molecule has 1 aliphatic rings. The van der Waals surface area contributed by atoms with E-state index >= 15 is 0 Å². The third-order valence-electron chi connectivity index (χ3n) is 3.71. The molecule has 1 fully saturated rings. The van der Waals surface area contributed by atoms with Crippen LogP contribution in [-0.4, -0.2) is 12.3 Å². The second-order valence-electron chi connectivity index (χ2n) is 5.15. The molecule has 1 saturated carbocycles. The van der Waals surface area contributed by atoms with Crippen molar-refractivity contribution >= 4 is 17.4 Å². The molecule has 0 aliphatic heterocycles. The smallest absolute Gasteiger partial charge is 0.0345 e. The lowest BCUT2D eigenvalue weighted by molar-refractivity contribution is 0.493. The van der Waals surface area contributed by atoms with Gasteiger partial charge >= 0.3 is 0 Å². The number of rotatable bonds is 5. The van der Waals surface area contributed by atoms with Gasteiger partial charge in [-0.2, -0.15) is 11.8 Å². The summed E-state index contributed by atoms with van der Waals surface area (Å²) in [6, 6.07) is 9.38. The van der Waals surface area contributed by atoms with Crippen LogP contribution in [0.15, 0.2) is 24.3 Å². The van der Waals surface area contributed by atoms with E-state index in [0.29, 0.717) is 11.5 Å². The first-order chi connectivity index (χ1) is 7.64. The van der Waals surface area contributed by atoms with Crippen molar-refractivity contribution in [1.82, 2.24) is 0 Å². The van der Waals surface area contributed by atoms with Crippen molar-refractivity contribution in [2.24, 2.45) is 5.41 Å². The average molecular weight is 235 g/mol. The number of anilines is 1. The van der Waals surface area contributed by atoms with Crippen molar-refractivity contribution in [1.29, 1.82) is 0 Å². The minimum atomic E-state index is 0.537. The Morgan fingerprint density at radius 3 is 2.81 bits per heavy atom. The highest BCUT2D eigenvalue weighted by atomic mass is 32.2. The van der Waals surface area contributed by atoms with Crippen molar-refractivity contribution in [3.05, 3.63) is 29.8 Å². The fourth-order valence-corrected chi connectivity index (χ4v) is 2.48. The van der Waals surface area contributed by atoms with E-state index in [-0.39, 0.29) is 0 Å². The van der Waals surface area contributed by atoms with Crippen LogP contribution in [0.4, 0.5) is 5.69 Å². The zero-order valence-corrected chi connectivity index (χ0v) is 11.2. The number of thioether (sulfide) groups is 1. The van der Waals surface area contributed by atoms with Crippen LogP contribution >= 0.6 is 11.8 Å². The van der Waals surface area contributed by atoms with Gasteiger partial charge in [-0.15, -0.1) is 0 Å². The van der Waals surface area contributed by atoms with Gasteiger partial charge in [0.15, 0.2) is 0 Å². The molecule has 88 valence electrons. The van der Waals surface area contributed by atoms with Crippen LogP contribution in [0, 0.1) is 5.41 Å². The maximum Gasteiger partial charge on any atom is 0.0345 e. The van der Waals surface area contributed by atoms with E-state index in [9.17, 15) is 0 Å². The molecule has 1 aromatic rings. The highest BCUT2D eigenvalue weighted by Gasteiger charge is 2.42. The Labute approximate surface area is 103 Å². The first kappa shape index (κ1) is 11.8. The summed E-state index contributed by atoms with van der Waals surface area (Å²) < 4.78 is 0. The number of benzene rings is 1.